The van der Waals surface area contributed by atoms with Gasteiger partial charge < -0.3 is 14.4 Å². The highest BCUT2D eigenvalue weighted by molar-refractivity contribution is 7.88. The molecular formula is C19H22N2O5S. The number of benzene rings is 2. The van der Waals surface area contributed by atoms with E-state index in [4.69, 9.17) is 9.47 Å². The molecule has 1 N–H and O–H groups in total. The summed E-state index contributed by atoms with van der Waals surface area (Å²) in [7, 11) is -3.33. The van der Waals surface area contributed by atoms with Gasteiger partial charge in [0.15, 0.2) is 0 Å². The molecule has 0 aliphatic carbocycles. The van der Waals surface area contributed by atoms with E-state index < -0.39 is 10.0 Å². The summed E-state index contributed by atoms with van der Waals surface area (Å²) in [6.07, 6.45) is 1.09. The molecule has 1 aliphatic rings. The van der Waals surface area contributed by atoms with Crippen LogP contribution in [0, 0.1) is 0 Å². The van der Waals surface area contributed by atoms with E-state index in [2.05, 4.69) is 4.72 Å². The van der Waals surface area contributed by atoms with Crippen molar-refractivity contribution in [1.29, 1.82) is 0 Å². The first-order chi connectivity index (χ1) is 12.9. The molecule has 1 atom stereocenters. The van der Waals surface area contributed by atoms with Crippen LogP contribution in [0.15, 0.2) is 54.6 Å². The number of hydrogen-bond acceptors (Lipinski definition) is 5. The van der Waals surface area contributed by atoms with E-state index in [9.17, 15) is 13.2 Å². The smallest absolute Gasteiger partial charge is 0.254 e. The summed E-state index contributed by atoms with van der Waals surface area (Å²) in [5.74, 6) is 1.19. The van der Waals surface area contributed by atoms with Gasteiger partial charge in [-0.15, -0.1) is 0 Å². The number of carbonyl (C=O) groups is 1. The maximum Gasteiger partial charge on any atom is 0.254 e. The third kappa shape index (κ3) is 5.53. The van der Waals surface area contributed by atoms with Crippen molar-refractivity contribution in [2.75, 3.05) is 32.6 Å². The van der Waals surface area contributed by atoms with Gasteiger partial charge in [0, 0.05) is 18.7 Å². The highest BCUT2D eigenvalue weighted by atomic mass is 32.2. The van der Waals surface area contributed by atoms with E-state index in [0.29, 0.717) is 31.1 Å². The minimum Gasteiger partial charge on any atom is -0.457 e. The molecule has 0 spiro atoms. The topological polar surface area (TPSA) is 84.9 Å². The van der Waals surface area contributed by atoms with E-state index in [1.807, 2.05) is 30.3 Å². The van der Waals surface area contributed by atoms with Crippen LogP contribution in [0.2, 0.25) is 0 Å². The zero-order valence-corrected chi connectivity index (χ0v) is 15.8. The first kappa shape index (κ1) is 19.3. The molecule has 2 aromatic rings. The highest BCUT2D eigenvalue weighted by Crippen LogP contribution is 2.22. The van der Waals surface area contributed by atoms with Crippen LogP contribution in [0.25, 0.3) is 0 Å². The summed E-state index contributed by atoms with van der Waals surface area (Å²) in [5, 5.41) is 0. The number of nitrogens with one attached hydrogen (secondary N) is 1. The van der Waals surface area contributed by atoms with Gasteiger partial charge in [0.2, 0.25) is 10.0 Å². The molecule has 1 amide bonds. The van der Waals surface area contributed by atoms with Crippen molar-refractivity contribution in [1.82, 2.24) is 9.62 Å². The van der Waals surface area contributed by atoms with Crippen LogP contribution in [0.3, 0.4) is 0 Å². The first-order valence-corrected chi connectivity index (χ1v) is 10.5. The predicted molar refractivity (Wildman–Crippen MR) is 101 cm³/mol. The Kier molecular flexibility index (Phi) is 6.10. The number of ether oxygens (including phenoxy) is 2. The normalized spacial score (nSPS) is 17.5. The zero-order valence-electron chi connectivity index (χ0n) is 15.0. The lowest BCUT2D eigenvalue weighted by Gasteiger charge is -2.35. The molecule has 0 aromatic heterocycles. The molecule has 0 saturated carbocycles. The van der Waals surface area contributed by atoms with Crippen LogP contribution in [0.1, 0.15) is 10.4 Å². The van der Waals surface area contributed by atoms with Crippen molar-refractivity contribution >= 4 is 15.9 Å². The molecule has 1 fully saturated rings. The third-order valence-corrected chi connectivity index (χ3v) is 4.84. The molecule has 1 unspecified atom stereocenters. The van der Waals surface area contributed by atoms with Gasteiger partial charge in [0.1, 0.15) is 11.5 Å². The van der Waals surface area contributed by atoms with Gasteiger partial charge >= 0.3 is 0 Å². The Morgan fingerprint density at radius 2 is 1.81 bits per heavy atom. The van der Waals surface area contributed by atoms with Crippen molar-refractivity contribution in [3.05, 3.63) is 60.2 Å². The third-order valence-electron chi connectivity index (χ3n) is 4.15. The fourth-order valence-electron chi connectivity index (χ4n) is 2.79. The van der Waals surface area contributed by atoms with Crippen molar-refractivity contribution in [2.24, 2.45) is 0 Å². The van der Waals surface area contributed by atoms with Gasteiger partial charge in [0.25, 0.3) is 5.91 Å². The molecule has 3 rings (SSSR count). The van der Waals surface area contributed by atoms with Gasteiger partial charge in [-0.3, -0.25) is 4.79 Å². The minimum atomic E-state index is -3.33. The van der Waals surface area contributed by atoms with Crippen molar-refractivity contribution in [3.8, 4) is 11.5 Å². The molecule has 0 bridgehead atoms. The summed E-state index contributed by atoms with van der Waals surface area (Å²) >= 11 is 0. The molecule has 7 nitrogen and oxygen atoms in total. The fourth-order valence-corrected chi connectivity index (χ4v) is 3.29. The number of hydrogen-bond donors (Lipinski definition) is 1. The van der Waals surface area contributed by atoms with E-state index >= 15 is 0 Å². The van der Waals surface area contributed by atoms with E-state index in [0.717, 1.165) is 12.0 Å². The Bertz CT molecular complexity index is 869. The lowest BCUT2D eigenvalue weighted by molar-refractivity contribution is -0.000112. The summed E-state index contributed by atoms with van der Waals surface area (Å²) in [6.45, 7) is 1.26. The Balaban J connectivity index is 1.68. The van der Waals surface area contributed by atoms with Gasteiger partial charge in [-0.1, -0.05) is 18.2 Å². The average molecular weight is 390 g/mol. The summed E-state index contributed by atoms with van der Waals surface area (Å²) in [5.41, 5.74) is 0.515. The van der Waals surface area contributed by atoms with Crippen LogP contribution < -0.4 is 9.46 Å². The number of carbonyl (C=O) groups excluding carboxylic acids is 1. The van der Waals surface area contributed by atoms with Gasteiger partial charge in [-0.05, 0) is 36.4 Å². The van der Waals surface area contributed by atoms with Crippen LogP contribution >= 0.6 is 0 Å². The van der Waals surface area contributed by atoms with Crippen LogP contribution in [-0.4, -0.2) is 57.8 Å². The quantitative estimate of drug-likeness (QED) is 0.814. The molecule has 1 aliphatic heterocycles. The summed E-state index contributed by atoms with van der Waals surface area (Å²) < 4.78 is 36.3. The number of sulfonamides is 1. The highest BCUT2D eigenvalue weighted by Gasteiger charge is 2.28. The Morgan fingerprint density at radius 3 is 2.48 bits per heavy atom. The second kappa shape index (κ2) is 8.51. The monoisotopic (exact) mass is 390 g/mol. The molecular weight excluding hydrogens is 368 g/mol. The van der Waals surface area contributed by atoms with Crippen LogP contribution in [0.4, 0.5) is 0 Å². The van der Waals surface area contributed by atoms with Gasteiger partial charge in [0.05, 0.1) is 25.5 Å². The zero-order chi connectivity index (χ0) is 19.3. The Labute approximate surface area is 158 Å². The lowest BCUT2D eigenvalue weighted by Crippen LogP contribution is -2.53. The van der Waals surface area contributed by atoms with Crippen molar-refractivity contribution in [2.45, 2.75) is 6.04 Å². The molecule has 27 heavy (non-hydrogen) atoms. The second-order valence-electron chi connectivity index (χ2n) is 6.29. The Morgan fingerprint density at radius 1 is 1.15 bits per heavy atom. The molecule has 8 heteroatoms. The number of nitrogens with zero attached hydrogens (tertiary/aromatic N) is 1. The standard InChI is InChI=1S/C19H22N2O5S/c1-27(23,24)20-13-16-14-25-12-11-21(16)19(22)15-7-9-18(10-8-15)26-17-5-3-2-4-6-17/h2-10,16,20H,11-14H2,1H3. The number of para-hydroxylation sites is 1. The maximum absolute atomic E-state index is 12.9. The van der Waals surface area contributed by atoms with E-state index in [-0.39, 0.29) is 18.5 Å². The maximum atomic E-state index is 12.9. The lowest BCUT2D eigenvalue weighted by atomic mass is 10.1. The van der Waals surface area contributed by atoms with Crippen LogP contribution in [0.5, 0.6) is 11.5 Å². The molecule has 1 saturated heterocycles. The van der Waals surface area contributed by atoms with Crippen molar-refractivity contribution in [3.63, 3.8) is 0 Å². The SMILES string of the molecule is CS(=O)(=O)NCC1COCCN1C(=O)c1ccc(Oc2ccccc2)cc1. The van der Waals surface area contributed by atoms with E-state index in [1.165, 1.54) is 0 Å². The fraction of sp³-hybridized carbons (Fsp3) is 0.316. The van der Waals surface area contributed by atoms with Crippen molar-refractivity contribution < 1.29 is 22.7 Å². The number of morpholine rings is 1. The molecule has 1 heterocycles. The van der Waals surface area contributed by atoms with Crippen LogP contribution in [-0.2, 0) is 14.8 Å². The van der Waals surface area contributed by atoms with E-state index in [1.54, 1.807) is 29.2 Å². The molecule has 2 aromatic carbocycles. The number of rotatable bonds is 6. The molecule has 0 radical (unpaired) electrons. The largest absolute Gasteiger partial charge is 0.457 e. The van der Waals surface area contributed by atoms with Gasteiger partial charge in [-0.2, -0.15) is 0 Å². The van der Waals surface area contributed by atoms with Gasteiger partial charge in [-0.25, -0.2) is 13.1 Å². The number of amides is 1. The predicted octanol–water partition coefficient (Wildman–Crippen LogP) is 1.87. The summed E-state index contributed by atoms with van der Waals surface area (Å²) in [4.78, 5) is 14.5. The Hall–Kier alpha value is -2.42. The molecule has 144 valence electrons. The average Bonchev–Trinajstić information content (AvgIpc) is 2.67. The first-order valence-electron chi connectivity index (χ1n) is 8.59. The summed E-state index contributed by atoms with van der Waals surface area (Å²) in [6, 6.07) is 15.9. The minimum absolute atomic E-state index is 0.125. The second-order valence-corrected chi connectivity index (χ2v) is 8.12.